The third kappa shape index (κ3) is 6.17. The number of carbonyl (C=O) groups excluding carboxylic acids is 1. The van der Waals surface area contributed by atoms with Gasteiger partial charge in [0.05, 0.1) is 19.3 Å². The Balaban J connectivity index is 2.29. The van der Waals surface area contributed by atoms with Gasteiger partial charge in [-0.1, -0.05) is 36.4 Å². The van der Waals surface area contributed by atoms with E-state index in [1.165, 1.54) is 0 Å². The van der Waals surface area contributed by atoms with Crippen LogP contribution in [-0.2, 0) is 16.0 Å². The Labute approximate surface area is 120 Å². The number of amides is 1. The van der Waals surface area contributed by atoms with E-state index in [1.54, 1.807) is 6.08 Å². The summed E-state index contributed by atoms with van der Waals surface area (Å²) in [5, 5.41) is 11.8. The van der Waals surface area contributed by atoms with Crippen molar-refractivity contribution in [3.63, 3.8) is 0 Å². The highest BCUT2D eigenvalue weighted by Gasteiger charge is 2.17. The lowest BCUT2D eigenvalue weighted by atomic mass is 10.00. The van der Waals surface area contributed by atoms with Gasteiger partial charge in [0.25, 0.3) is 0 Å². The number of carbonyl (C=O) groups is 1. The van der Waals surface area contributed by atoms with Gasteiger partial charge in [0.1, 0.15) is 5.92 Å². The third-order valence-corrected chi connectivity index (χ3v) is 2.77. The summed E-state index contributed by atoms with van der Waals surface area (Å²) in [4.78, 5) is 11.9. The average molecular weight is 272 g/mol. The van der Waals surface area contributed by atoms with Gasteiger partial charge in [0.2, 0.25) is 5.91 Å². The number of hydrogen-bond donors (Lipinski definition) is 1. The van der Waals surface area contributed by atoms with E-state index < -0.39 is 5.92 Å². The van der Waals surface area contributed by atoms with Crippen molar-refractivity contribution in [2.75, 3.05) is 19.8 Å². The molecule has 1 aromatic rings. The van der Waals surface area contributed by atoms with E-state index in [4.69, 9.17) is 10.00 Å². The van der Waals surface area contributed by atoms with Crippen LogP contribution < -0.4 is 5.32 Å². The summed E-state index contributed by atoms with van der Waals surface area (Å²) in [7, 11) is 0. The SMILES string of the molecule is C=CCCOCCNC(=O)C(C#N)Cc1ccccc1. The molecule has 20 heavy (non-hydrogen) atoms. The van der Waals surface area contributed by atoms with Crippen molar-refractivity contribution in [3.05, 3.63) is 48.6 Å². The molecule has 0 fully saturated rings. The first-order chi connectivity index (χ1) is 9.77. The Morgan fingerprint density at radius 1 is 1.40 bits per heavy atom. The molecule has 0 aliphatic rings. The molecule has 1 atom stereocenters. The molecule has 0 aromatic heterocycles. The molecule has 0 saturated heterocycles. The molecule has 4 heteroatoms. The summed E-state index contributed by atoms with van der Waals surface area (Å²) in [6.07, 6.45) is 3.01. The molecular weight excluding hydrogens is 252 g/mol. The summed E-state index contributed by atoms with van der Waals surface area (Å²) in [5.41, 5.74) is 0.983. The minimum absolute atomic E-state index is 0.247. The monoisotopic (exact) mass is 272 g/mol. The minimum Gasteiger partial charge on any atom is -0.379 e. The summed E-state index contributed by atoms with van der Waals surface area (Å²) in [5.74, 6) is -0.908. The number of nitriles is 1. The topological polar surface area (TPSA) is 62.1 Å². The molecule has 0 radical (unpaired) electrons. The Kier molecular flexibility index (Phi) is 7.78. The maximum absolute atomic E-state index is 11.9. The lowest BCUT2D eigenvalue weighted by molar-refractivity contribution is -0.123. The molecule has 106 valence electrons. The number of nitrogens with one attached hydrogen (secondary N) is 1. The van der Waals surface area contributed by atoms with E-state index in [9.17, 15) is 4.79 Å². The highest BCUT2D eigenvalue weighted by atomic mass is 16.5. The van der Waals surface area contributed by atoms with Crippen LogP contribution >= 0.6 is 0 Å². The van der Waals surface area contributed by atoms with Crippen LogP contribution in [0.25, 0.3) is 0 Å². The zero-order valence-electron chi connectivity index (χ0n) is 11.5. The molecule has 0 aliphatic heterocycles. The Hall–Kier alpha value is -2.12. The quantitative estimate of drug-likeness (QED) is 0.553. The van der Waals surface area contributed by atoms with Gasteiger partial charge < -0.3 is 10.1 Å². The van der Waals surface area contributed by atoms with Gasteiger partial charge >= 0.3 is 0 Å². The zero-order valence-corrected chi connectivity index (χ0v) is 11.5. The van der Waals surface area contributed by atoms with Crippen molar-refractivity contribution in [2.24, 2.45) is 5.92 Å². The summed E-state index contributed by atoms with van der Waals surface area (Å²) in [6, 6.07) is 11.6. The number of benzene rings is 1. The molecule has 1 unspecified atom stereocenters. The first-order valence-corrected chi connectivity index (χ1v) is 6.67. The molecule has 4 nitrogen and oxygen atoms in total. The van der Waals surface area contributed by atoms with Gasteiger partial charge in [-0.3, -0.25) is 4.79 Å². The van der Waals surface area contributed by atoms with Crippen LogP contribution in [-0.4, -0.2) is 25.7 Å². The van der Waals surface area contributed by atoms with E-state index in [2.05, 4.69) is 11.9 Å². The Morgan fingerprint density at radius 3 is 2.80 bits per heavy atom. The molecule has 1 amide bonds. The standard InChI is InChI=1S/C16H20N2O2/c1-2-3-10-20-11-9-18-16(19)15(13-17)12-14-7-5-4-6-8-14/h2,4-8,15H,1,3,9-12H2,(H,18,19). The molecule has 0 aliphatic carbocycles. The zero-order chi connectivity index (χ0) is 14.6. The van der Waals surface area contributed by atoms with Crippen LogP contribution in [0.15, 0.2) is 43.0 Å². The van der Waals surface area contributed by atoms with Crippen LogP contribution in [0.3, 0.4) is 0 Å². The van der Waals surface area contributed by atoms with Gasteiger partial charge in [0, 0.05) is 6.54 Å². The molecule has 1 rings (SSSR count). The molecule has 0 saturated carbocycles. The predicted molar refractivity (Wildman–Crippen MR) is 77.9 cm³/mol. The van der Waals surface area contributed by atoms with Crippen LogP contribution in [0.1, 0.15) is 12.0 Å². The lowest BCUT2D eigenvalue weighted by Gasteiger charge is -2.10. The molecule has 0 spiro atoms. The first-order valence-electron chi connectivity index (χ1n) is 6.67. The first kappa shape index (κ1) is 15.9. The van der Waals surface area contributed by atoms with Crippen LogP contribution in [0, 0.1) is 17.2 Å². The van der Waals surface area contributed by atoms with Crippen LogP contribution in [0.5, 0.6) is 0 Å². The van der Waals surface area contributed by atoms with Gasteiger partial charge in [-0.25, -0.2) is 0 Å². The fourth-order valence-electron chi connectivity index (χ4n) is 1.69. The minimum atomic E-state index is -0.662. The largest absolute Gasteiger partial charge is 0.379 e. The highest BCUT2D eigenvalue weighted by molar-refractivity contribution is 5.81. The van der Waals surface area contributed by atoms with Crippen molar-refractivity contribution in [3.8, 4) is 6.07 Å². The fraction of sp³-hybridized carbons (Fsp3) is 0.375. The van der Waals surface area contributed by atoms with E-state index in [1.807, 2.05) is 36.4 Å². The number of hydrogen-bond acceptors (Lipinski definition) is 3. The predicted octanol–water partition coefficient (Wildman–Crippen LogP) is 2.08. The van der Waals surface area contributed by atoms with Crippen molar-refractivity contribution in [1.82, 2.24) is 5.32 Å². The summed E-state index contributed by atoms with van der Waals surface area (Å²) < 4.78 is 5.29. The second kappa shape index (κ2) is 9.76. The van der Waals surface area contributed by atoms with Gasteiger partial charge in [0.15, 0.2) is 0 Å². The van der Waals surface area contributed by atoms with Gasteiger partial charge in [-0.2, -0.15) is 5.26 Å². The maximum atomic E-state index is 11.9. The normalized spacial score (nSPS) is 11.3. The molecule has 0 bridgehead atoms. The Morgan fingerprint density at radius 2 is 2.15 bits per heavy atom. The Bertz CT molecular complexity index is 451. The van der Waals surface area contributed by atoms with E-state index in [0.717, 1.165) is 12.0 Å². The highest BCUT2D eigenvalue weighted by Crippen LogP contribution is 2.08. The summed E-state index contributed by atoms with van der Waals surface area (Å²) in [6.45, 7) is 5.06. The van der Waals surface area contributed by atoms with Gasteiger partial charge in [-0.05, 0) is 18.4 Å². The number of rotatable bonds is 9. The van der Waals surface area contributed by atoms with Gasteiger partial charge in [-0.15, -0.1) is 6.58 Å². The van der Waals surface area contributed by atoms with E-state index in [0.29, 0.717) is 26.2 Å². The van der Waals surface area contributed by atoms with Crippen molar-refractivity contribution in [1.29, 1.82) is 5.26 Å². The molecule has 0 heterocycles. The van der Waals surface area contributed by atoms with Crippen molar-refractivity contribution < 1.29 is 9.53 Å². The van der Waals surface area contributed by atoms with Crippen molar-refractivity contribution in [2.45, 2.75) is 12.8 Å². The molecule has 1 N–H and O–H groups in total. The number of ether oxygens (including phenoxy) is 1. The second-order valence-electron chi connectivity index (χ2n) is 4.35. The summed E-state index contributed by atoms with van der Waals surface area (Å²) >= 11 is 0. The van der Waals surface area contributed by atoms with E-state index in [-0.39, 0.29) is 5.91 Å². The van der Waals surface area contributed by atoms with Crippen LogP contribution in [0.4, 0.5) is 0 Å². The fourth-order valence-corrected chi connectivity index (χ4v) is 1.69. The molecular formula is C16H20N2O2. The smallest absolute Gasteiger partial charge is 0.237 e. The maximum Gasteiger partial charge on any atom is 0.237 e. The second-order valence-corrected chi connectivity index (χ2v) is 4.35. The lowest BCUT2D eigenvalue weighted by Crippen LogP contribution is -2.33. The van der Waals surface area contributed by atoms with Crippen molar-refractivity contribution >= 4 is 5.91 Å². The third-order valence-electron chi connectivity index (χ3n) is 2.77. The number of nitrogens with zero attached hydrogens (tertiary/aromatic N) is 1. The molecule has 1 aromatic carbocycles. The van der Waals surface area contributed by atoms with E-state index >= 15 is 0 Å². The average Bonchev–Trinajstić information content (AvgIpc) is 2.49. The van der Waals surface area contributed by atoms with Crippen LogP contribution in [0.2, 0.25) is 0 Å².